The molecule has 0 saturated carbocycles. The lowest BCUT2D eigenvalue weighted by Crippen LogP contribution is -2.43. The molecule has 100 valence electrons. The van der Waals surface area contributed by atoms with Crippen LogP contribution in [-0.2, 0) is 9.59 Å². The number of hydrogen-bond acceptors (Lipinski definition) is 3. The summed E-state index contributed by atoms with van der Waals surface area (Å²) in [6.45, 7) is 7.69. The molecule has 5 nitrogen and oxygen atoms in total. The standard InChI is InChI=1S/C12H25N3O2/c1-12(2,3)11(17)15(9-7-14-4)8-5-6-10(13)16/h14H,5-9H2,1-4H3,(H2,13,16). The second kappa shape index (κ2) is 7.27. The van der Waals surface area contributed by atoms with Crippen molar-refractivity contribution in [3.63, 3.8) is 0 Å². The summed E-state index contributed by atoms with van der Waals surface area (Å²) in [6, 6.07) is 0. The van der Waals surface area contributed by atoms with Gasteiger partial charge in [0.05, 0.1) is 0 Å². The Morgan fingerprint density at radius 3 is 2.24 bits per heavy atom. The van der Waals surface area contributed by atoms with E-state index in [2.05, 4.69) is 5.32 Å². The number of rotatable bonds is 7. The van der Waals surface area contributed by atoms with E-state index in [9.17, 15) is 9.59 Å². The first-order valence-corrected chi connectivity index (χ1v) is 6.01. The predicted octanol–water partition coefficient (Wildman–Crippen LogP) is 0.346. The number of nitrogens with two attached hydrogens (primary N) is 1. The van der Waals surface area contributed by atoms with Crippen molar-refractivity contribution in [3.05, 3.63) is 0 Å². The monoisotopic (exact) mass is 243 g/mol. The molecule has 0 aliphatic rings. The third-order valence-electron chi connectivity index (χ3n) is 2.41. The summed E-state index contributed by atoms with van der Waals surface area (Å²) in [5.41, 5.74) is 4.70. The number of hydrogen-bond donors (Lipinski definition) is 2. The lowest BCUT2D eigenvalue weighted by Gasteiger charge is -2.29. The Hall–Kier alpha value is -1.10. The molecule has 17 heavy (non-hydrogen) atoms. The van der Waals surface area contributed by atoms with Gasteiger partial charge in [-0.1, -0.05) is 20.8 Å². The first-order chi connectivity index (χ1) is 7.79. The highest BCUT2D eigenvalue weighted by molar-refractivity contribution is 5.81. The molecule has 0 aliphatic heterocycles. The summed E-state index contributed by atoms with van der Waals surface area (Å²) in [4.78, 5) is 24.6. The Balaban J connectivity index is 4.32. The van der Waals surface area contributed by atoms with Crippen LogP contribution in [0.15, 0.2) is 0 Å². The summed E-state index contributed by atoms with van der Waals surface area (Å²) in [6.07, 6.45) is 0.953. The molecule has 0 aromatic heterocycles. The topological polar surface area (TPSA) is 75.4 Å². The average molecular weight is 243 g/mol. The molecular formula is C12H25N3O2. The molecule has 2 amide bonds. The Morgan fingerprint density at radius 1 is 1.24 bits per heavy atom. The van der Waals surface area contributed by atoms with Crippen LogP contribution in [0.25, 0.3) is 0 Å². The quantitative estimate of drug-likeness (QED) is 0.677. The van der Waals surface area contributed by atoms with Crippen LogP contribution in [0.5, 0.6) is 0 Å². The highest BCUT2D eigenvalue weighted by atomic mass is 16.2. The van der Waals surface area contributed by atoms with Crippen LogP contribution in [0.4, 0.5) is 0 Å². The molecule has 5 heteroatoms. The van der Waals surface area contributed by atoms with E-state index in [-0.39, 0.29) is 17.2 Å². The summed E-state index contributed by atoms with van der Waals surface area (Å²) in [5.74, 6) is -0.209. The molecule has 0 saturated heterocycles. The third-order valence-corrected chi connectivity index (χ3v) is 2.41. The molecule has 0 aromatic rings. The maximum atomic E-state index is 12.1. The van der Waals surface area contributed by atoms with Crippen molar-refractivity contribution in [3.8, 4) is 0 Å². The number of carbonyl (C=O) groups excluding carboxylic acids is 2. The Morgan fingerprint density at radius 2 is 1.82 bits per heavy atom. The minimum Gasteiger partial charge on any atom is -0.370 e. The summed E-state index contributed by atoms with van der Waals surface area (Å²) in [7, 11) is 1.85. The normalized spacial score (nSPS) is 11.3. The Kier molecular flexibility index (Phi) is 6.80. The molecular weight excluding hydrogens is 218 g/mol. The van der Waals surface area contributed by atoms with E-state index in [4.69, 9.17) is 5.73 Å². The van der Waals surface area contributed by atoms with Crippen LogP contribution in [0.1, 0.15) is 33.6 Å². The largest absolute Gasteiger partial charge is 0.370 e. The second-order valence-corrected chi connectivity index (χ2v) is 5.22. The van der Waals surface area contributed by atoms with Gasteiger partial charge in [0, 0.05) is 31.5 Å². The molecule has 0 atom stereocenters. The van der Waals surface area contributed by atoms with E-state index < -0.39 is 0 Å². The van der Waals surface area contributed by atoms with Gasteiger partial charge in [0.15, 0.2) is 0 Å². The SMILES string of the molecule is CNCCN(CCCC(N)=O)C(=O)C(C)(C)C. The predicted molar refractivity (Wildman–Crippen MR) is 68.4 cm³/mol. The lowest BCUT2D eigenvalue weighted by molar-refractivity contribution is -0.139. The Bertz CT molecular complexity index is 259. The van der Waals surface area contributed by atoms with E-state index in [0.717, 1.165) is 6.54 Å². The second-order valence-electron chi connectivity index (χ2n) is 5.22. The summed E-state index contributed by atoms with van der Waals surface area (Å²) >= 11 is 0. The molecule has 0 aliphatic carbocycles. The van der Waals surface area contributed by atoms with Gasteiger partial charge < -0.3 is 16.0 Å². The smallest absolute Gasteiger partial charge is 0.227 e. The van der Waals surface area contributed by atoms with E-state index in [1.165, 1.54) is 0 Å². The number of amides is 2. The van der Waals surface area contributed by atoms with Crippen molar-refractivity contribution in [2.75, 3.05) is 26.7 Å². The van der Waals surface area contributed by atoms with Gasteiger partial charge in [-0.25, -0.2) is 0 Å². The van der Waals surface area contributed by atoms with Crippen molar-refractivity contribution in [1.82, 2.24) is 10.2 Å². The molecule has 0 rings (SSSR count). The number of nitrogens with one attached hydrogen (secondary N) is 1. The van der Waals surface area contributed by atoms with Crippen molar-refractivity contribution in [1.29, 1.82) is 0 Å². The van der Waals surface area contributed by atoms with Gasteiger partial charge in [0.2, 0.25) is 11.8 Å². The van der Waals surface area contributed by atoms with E-state index in [1.807, 2.05) is 27.8 Å². The third kappa shape index (κ3) is 6.94. The highest BCUT2D eigenvalue weighted by Gasteiger charge is 2.26. The van der Waals surface area contributed by atoms with Crippen molar-refractivity contribution < 1.29 is 9.59 Å². The van der Waals surface area contributed by atoms with Crippen LogP contribution < -0.4 is 11.1 Å². The minimum absolute atomic E-state index is 0.109. The van der Waals surface area contributed by atoms with Crippen molar-refractivity contribution in [2.24, 2.45) is 11.1 Å². The zero-order valence-electron chi connectivity index (χ0n) is 11.4. The molecule has 3 N–H and O–H groups in total. The molecule has 0 bridgehead atoms. The molecule has 0 fully saturated rings. The molecule has 0 unspecified atom stereocenters. The van der Waals surface area contributed by atoms with Crippen LogP contribution in [0, 0.1) is 5.41 Å². The Labute approximate surface area is 104 Å². The number of nitrogens with zero attached hydrogens (tertiary/aromatic N) is 1. The zero-order valence-corrected chi connectivity index (χ0v) is 11.4. The van der Waals surface area contributed by atoms with Gasteiger partial charge in [-0.3, -0.25) is 9.59 Å². The van der Waals surface area contributed by atoms with Gasteiger partial charge in [-0.15, -0.1) is 0 Å². The number of primary amides is 1. The maximum absolute atomic E-state index is 12.1. The minimum atomic E-state index is -0.388. The zero-order chi connectivity index (χ0) is 13.5. The van der Waals surface area contributed by atoms with Gasteiger partial charge in [-0.2, -0.15) is 0 Å². The lowest BCUT2D eigenvalue weighted by atomic mass is 9.94. The van der Waals surface area contributed by atoms with Crippen LogP contribution >= 0.6 is 0 Å². The maximum Gasteiger partial charge on any atom is 0.227 e. The molecule has 0 aromatic carbocycles. The van der Waals surface area contributed by atoms with Crippen molar-refractivity contribution in [2.45, 2.75) is 33.6 Å². The first kappa shape index (κ1) is 15.9. The van der Waals surface area contributed by atoms with Crippen LogP contribution in [0.3, 0.4) is 0 Å². The van der Waals surface area contributed by atoms with E-state index >= 15 is 0 Å². The van der Waals surface area contributed by atoms with E-state index in [1.54, 1.807) is 4.90 Å². The van der Waals surface area contributed by atoms with Crippen LogP contribution in [0.2, 0.25) is 0 Å². The van der Waals surface area contributed by atoms with Gasteiger partial charge >= 0.3 is 0 Å². The fourth-order valence-electron chi connectivity index (χ4n) is 1.48. The summed E-state index contributed by atoms with van der Waals surface area (Å²) in [5, 5.41) is 3.02. The molecule has 0 spiro atoms. The van der Waals surface area contributed by atoms with Gasteiger partial charge in [0.1, 0.15) is 0 Å². The average Bonchev–Trinajstić information content (AvgIpc) is 2.20. The van der Waals surface area contributed by atoms with Crippen LogP contribution in [-0.4, -0.2) is 43.4 Å². The fourth-order valence-corrected chi connectivity index (χ4v) is 1.48. The molecule has 0 heterocycles. The number of likely N-dealkylation sites (N-methyl/N-ethyl adjacent to an activating group) is 1. The molecule has 0 radical (unpaired) electrons. The van der Waals surface area contributed by atoms with Gasteiger partial charge in [0.25, 0.3) is 0 Å². The fraction of sp³-hybridized carbons (Fsp3) is 0.833. The van der Waals surface area contributed by atoms with Crippen molar-refractivity contribution >= 4 is 11.8 Å². The highest BCUT2D eigenvalue weighted by Crippen LogP contribution is 2.17. The summed E-state index contributed by atoms with van der Waals surface area (Å²) < 4.78 is 0. The number of carbonyl (C=O) groups is 2. The first-order valence-electron chi connectivity index (χ1n) is 6.01. The van der Waals surface area contributed by atoms with E-state index in [0.29, 0.717) is 25.9 Å². The van der Waals surface area contributed by atoms with Gasteiger partial charge in [-0.05, 0) is 13.5 Å².